The van der Waals surface area contributed by atoms with Gasteiger partial charge in [-0.1, -0.05) is 47.5 Å². The molecule has 1 aliphatic heterocycles. The number of benzene rings is 3. The van der Waals surface area contributed by atoms with E-state index < -0.39 is 5.54 Å². The van der Waals surface area contributed by atoms with Crippen molar-refractivity contribution in [2.75, 3.05) is 12.0 Å². The van der Waals surface area contributed by atoms with Crippen LogP contribution in [0.5, 0.6) is 5.75 Å². The molecule has 182 valence electrons. The van der Waals surface area contributed by atoms with E-state index in [1.165, 1.54) is 7.11 Å². The van der Waals surface area contributed by atoms with Crippen LogP contribution in [0.3, 0.4) is 0 Å². The molecule has 0 spiro atoms. The summed E-state index contributed by atoms with van der Waals surface area (Å²) in [5, 5.41) is 3.79. The molecule has 0 saturated heterocycles. The summed E-state index contributed by atoms with van der Waals surface area (Å²) in [5.41, 5.74) is 7.84. The van der Waals surface area contributed by atoms with Gasteiger partial charge < -0.3 is 20.7 Å². The average Bonchev–Trinajstić information content (AvgIpc) is 3.00. The predicted octanol–water partition coefficient (Wildman–Crippen LogP) is 5.28. The number of hydrogen-bond donors (Lipinski definition) is 2. The fraction of sp³-hybridized carbons (Fsp3) is 0.259. The molecule has 4 rings (SSSR count). The number of methoxy groups -OCH3 is 1. The smallest absolute Gasteiger partial charge is 0.256 e. The highest BCUT2D eigenvalue weighted by Gasteiger charge is 2.50. The lowest BCUT2D eigenvalue weighted by atomic mass is 9.85. The standard InChI is InChI=1S/C27H27Cl2N3O3/c1-26(2,3)31-24(33)16-9-10-17(23(13-16)35-4)15-32-22-12-11-18(28)14-20(22)27(30,25(32)34)19-7-5-6-8-21(19)29/h5-14H,15,30H2,1-4H3,(H,31,33). The highest BCUT2D eigenvalue weighted by Crippen LogP contribution is 2.46. The summed E-state index contributed by atoms with van der Waals surface area (Å²) in [7, 11) is 1.53. The van der Waals surface area contributed by atoms with Crippen molar-refractivity contribution in [1.29, 1.82) is 0 Å². The number of carbonyl (C=O) groups excluding carboxylic acids is 2. The largest absolute Gasteiger partial charge is 0.496 e. The van der Waals surface area contributed by atoms with E-state index in [-0.39, 0.29) is 23.9 Å². The van der Waals surface area contributed by atoms with Crippen LogP contribution < -0.4 is 20.7 Å². The zero-order valence-electron chi connectivity index (χ0n) is 20.0. The molecule has 1 heterocycles. The van der Waals surface area contributed by atoms with Crippen LogP contribution in [0.15, 0.2) is 60.7 Å². The third-order valence-corrected chi connectivity index (χ3v) is 6.49. The molecule has 1 aliphatic rings. The summed E-state index contributed by atoms with van der Waals surface area (Å²) in [6.07, 6.45) is 0. The van der Waals surface area contributed by atoms with Crippen molar-refractivity contribution in [3.05, 3.63) is 93.0 Å². The fourth-order valence-corrected chi connectivity index (χ4v) is 4.75. The minimum absolute atomic E-state index is 0.182. The first-order valence-corrected chi connectivity index (χ1v) is 11.9. The Kier molecular flexibility index (Phi) is 6.58. The van der Waals surface area contributed by atoms with Gasteiger partial charge in [-0.25, -0.2) is 0 Å². The van der Waals surface area contributed by atoms with Crippen LogP contribution in [-0.4, -0.2) is 24.5 Å². The number of amides is 2. The number of nitrogens with two attached hydrogens (primary N) is 1. The van der Waals surface area contributed by atoms with E-state index in [1.807, 2.05) is 20.8 Å². The van der Waals surface area contributed by atoms with E-state index in [9.17, 15) is 9.59 Å². The third kappa shape index (κ3) is 4.61. The van der Waals surface area contributed by atoms with Crippen LogP contribution in [0.4, 0.5) is 5.69 Å². The lowest BCUT2D eigenvalue weighted by molar-refractivity contribution is -0.121. The molecule has 0 fully saturated rings. The number of nitrogens with zero attached hydrogens (tertiary/aromatic N) is 1. The lowest BCUT2D eigenvalue weighted by Gasteiger charge is -2.26. The Morgan fingerprint density at radius 3 is 2.43 bits per heavy atom. The van der Waals surface area contributed by atoms with Crippen LogP contribution in [0.2, 0.25) is 10.0 Å². The van der Waals surface area contributed by atoms with Gasteiger partial charge in [0.05, 0.1) is 19.3 Å². The van der Waals surface area contributed by atoms with Crippen molar-refractivity contribution in [3.63, 3.8) is 0 Å². The van der Waals surface area contributed by atoms with E-state index in [0.717, 1.165) is 5.56 Å². The minimum atomic E-state index is -1.50. The maximum absolute atomic E-state index is 13.9. The number of nitrogens with one attached hydrogen (secondary N) is 1. The summed E-state index contributed by atoms with van der Waals surface area (Å²) in [6, 6.07) is 17.4. The highest BCUT2D eigenvalue weighted by molar-refractivity contribution is 6.32. The summed E-state index contributed by atoms with van der Waals surface area (Å²) < 4.78 is 5.58. The van der Waals surface area contributed by atoms with E-state index in [1.54, 1.807) is 65.6 Å². The van der Waals surface area contributed by atoms with Gasteiger partial charge in [0.25, 0.3) is 11.8 Å². The Hall–Kier alpha value is -3.06. The van der Waals surface area contributed by atoms with E-state index in [2.05, 4.69) is 5.32 Å². The van der Waals surface area contributed by atoms with E-state index in [0.29, 0.717) is 38.2 Å². The second-order valence-electron chi connectivity index (χ2n) is 9.57. The SMILES string of the molecule is COc1cc(C(=O)NC(C)(C)C)ccc1CN1C(=O)C(N)(c2ccccc2Cl)c2cc(Cl)ccc21. The van der Waals surface area contributed by atoms with Gasteiger partial charge >= 0.3 is 0 Å². The molecule has 0 bridgehead atoms. The average molecular weight is 512 g/mol. The molecule has 1 unspecified atom stereocenters. The number of fused-ring (bicyclic) bond motifs is 1. The molecule has 35 heavy (non-hydrogen) atoms. The van der Waals surface area contributed by atoms with E-state index >= 15 is 0 Å². The van der Waals surface area contributed by atoms with Crippen molar-refractivity contribution in [2.24, 2.45) is 5.73 Å². The summed E-state index contributed by atoms with van der Waals surface area (Å²) in [4.78, 5) is 28.1. The Bertz CT molecular complexity index is 1320. The van der Waals surface area contributed by atoms with Gasteiger partial charge in [-0.05, 0) is 57.2 Å². The van der Waals surface area contributed by atoms with Crippen LogP contribution >= 0.6 is 23.2 Å². The number of halogens is 2. The Morgan fingerprint density at radius 1 is 1.06 bits per heavy atom. The summed E-state index contributed by atoms with van der Waals surface area (Å²) >= 11 is 12.8. The molecule has 0 aliphatic carbocycles. The van der Waals surface area contributed by atoms with Gasteiger partial charge in [-0.3, -0.25) is 9.59 Å². The number of hydrogen-bond acceptors (Lipinski definition) is 4. The molecule has 1 atom stereocenters. The molecule has 0 radical (unpaired) electrons. The fourth-order valence-electron chi connectivity index (χ4n) is 4.29. The molecule has 8 heteroatoms. The number of anilines is 1. The second-order valence-corrected chi connectivity index (χ2v) is 10.4. The minimum Gasteiger partial charge on any atom is -0.496 e. The van der Waals surface area contributed by atoms with Gasteiger partial charge in [0.2, 0.25) is 0 Å². The normalized spacial score (nSPS) is 17.3. The Labute approximate surface area is 215 Å². The lowest BCUT2D eigenvalue weighted by Crippen LogP contribution is -2.48. The van der Waals surface area contributed by atoms with Gasteiger partial charge in [0.15, 0.2) is 5.54 Å². The summed E-state index contributed by atoms with van der Waals surface area (Å²) in [5.74, 6) is -0.0547. The summed E-state index contributed by atoms with van der Waals surface area (Å²) in [6.45, 7) is 5.92. The van der Waals surface area contributed by atoms with Crippen LogP contribution in [0.25, 0.3) is 0 Å². The molecule has 3 N–H and O–H groups in total. The third-order valence-electron chi connectivity index (χ3n) is 5.92. The molecule has 2 amide bonds. The van der Waals surface area contributed by atoms with Crippen LogP contribution in [0, 0.1) is 0 Å². The van der Waals surface area contributed by atoms with Gasteiger partial charge in [-0.2, -0.15) is 0 Å². The molecule has 0 aromatic heterocycles. The first-order chi connectivity index (χ1) is 16.5. The maximum Gasteiger partial charge on any atom is 0.256 e. The predicted molar refractivity (Wildman–Crippen MR) is 139 cm³/mol. The molecular weight excluding hydrogens is 485 g/mol. The van der Waals surface area contributed by atoms with Crippen molar-refractivity contribution in [3.8, 4) is 5.75 Å². The number of ether oxygens (including phenoxy) is 1. The first kappa shape index (κ1) is 25.0. The van der Waals surface area contributed by atoms with Gasteiger partial charge in [0.1, 0.15) is 5.75 Å². The zero-order valence-corrected chi connectivity index (χ0v) is 21.5. The topological polar surface area (TPSA) is 84.7 Å². The molecule has 3 aromatic rings. The maximum atomic E-state index is 13.9. The Balaban J connectivity index is 1.75. The molecule has 6 nitrogen and oxygen atoms in total. The second kappa shape index (κ2) is 9.19. The number of rotatable bonds is 5. The highest BCUT2D eigenvalue weighted by atomic mass is 35.5. The zero-order chi connectivity index (χ0) is 25.5. The molecule has 0 saturated carbocycles. The van der Waals surface area contributed by atoms with Crippen LogP contribution in [0.1, 0.15) is 47.8 Å². The van der Waals surface area contributed by atoms with Crippen molar-refractivity contribution in [2.45, 2.75) is 38.4 Å². The monoisotopic (exact) mass is 511 g/mol. The molecule has 3 aromatic carbocycles. The van der Waals surface area contributed by atoms with Crippen molar-refractivity contribution >= 4 is 40.7 Å². The van der Waals surface area contributed by atoms with E-state index in [4.69, 9.17) is 33.7 Å². The van der Waals surface area contributed by atoms with Crippen molar-refractivity contribution < 1.29 is 14.3 Å². The first-order valence-electron chi connectivity index (χ1n) is 11.1. The van der Waals surface area contributed by atoms with Gasteiger partial charge in [-0.15, -0.1) is 0 Å². The van der Waals surface area contributed by atoms with Crippen LogP contribution in [-0.2, 0) is 16.9 Å². The van der Waals surface area contributed by atoms with Crippen molar-refractivity contribution in [1.82, 2.24) is 5.32 Å². The molecular formula is C27H27Cl2N3O3. The number of carbonyl (C=O) groups is 2. The van der Waals surface area contributed by atoms with Gasteiger partial charge in [0, 0.05) is 37.8 Å². The Morgan fingerprint density at radius 2 is 1.77 bits per heavy atom. The quantitative estimate of drug-likeness (QED) is 0.487.